The zero-order chi connectivity index (χ0) is 17.7. The minimum atomic E-state index is -0.828. The Balaban J connectivity index is 2.01. The van der Waals surface area contributed by atoms with E-state index in [1.54, 1.807) is 0 Å². The van der Waals surface area contributed by atoms with Crippen LogP contribution in [-0.2, 0) is 0 Å². The SMILES string of the molecule is CC(C)(C)[C@H](C[Si](c1ccccc1)c1ccccc1)c1ccccc1. The third-order valence-electron chi connectivity index (χ3n) is 4.90. The molecule has 1 atom stereocenters. The highest BCUT2D eigenvalue weighted by atomic mass is 28.3. The topological polar surface area (TPSA) is 0 Å². The summed E-state index contributed by atoms with van der Waals surface area (Å²) in [7, 11) is -0.828. The second-order valence-electron chi connectivity index (χ2n) is 7.74. The molecule has 0 aliphatic heterocycles. The quantitative estimate of drug-likeness (QED) is 0.564. The molecular weight excluding hydrogens is 316 g/mol. The van der Waals surface area contributed by atoms with Crippen molar-refractivity contribution in [3.8, 4) is 0 Å². The van der Waals surface area contributed by atoms with Crippen LogP contribution < -0.4 is 10.4 Å². The molecule has 127 valence electrons. The van der Waals surface area contributed by atoms with E-state index >= 15 is 0 Å². The fraction of sp³-hybridized carbons (Fsp3) is 0.250. The molecule has 0 amide bonds. The molecule has 1 radical (unpaired) electrons. The van der Waals surface area contributed by atoms with E-state index < -0.39 is 8.80 Å². The summed E-state index contributed by atoms with van der Waals surface area (Å²) in [4.78, 5) is 0. The van der Waals surface area contributed by atoms with Gasteiger partial charge in [0.05, 0.1) is 0 Å². The molecule has 0 N–H and O–H groups in total. The van der Waals surface area contributed by atoms with Gasteiger partial charge in [-0.25, -0.2) is 0 Å². The number of hydrogen-bond donors (Lipinski definition) is 0. The zero-order valence-electron chi connectivity index (χ0n) is 15.4. The summed E-state index contributed by atoms with van der Waals surface area (Å²) in [5.41, 5.74) is 1.70. The van der Waals surface area contributed by atoms with Gasteiger partial charge in [0.1, 0.15) is 8.80 Å². The summed E-state index contributed by atoms with van der Waals surface area (Å²) in [6.07, 6.45) is 0. The van der Waals surface area contributed by atoms with E-state index in [1.165, 1.54) is 22.0 Å². The maximum Gasteiger partial charge on any atom is 0.122 e. The van der Waals surface area contributed by atoms with Crippen molar-refractivity contribution >= 4 is 19.2 Å². The van der Waals surface area contributed by atoms with Gasteiger partial charge in [0.25, 0.3) is 0 Å². The average Bonchev–Trinajstić information content (AvgIpc) is 2.63. The molecule has 3 rings (SSSR count). The van der Waals surface area contributed by atoms with Crippen molar-refractivity contribution in [2.75, 3.05) is 0 Å². The van der Waals surface area contributed by atoms with Gasteiger partial charge in [-0.1, -0.05) is 122 Å². The van der Waals surface area contributed by atoms with Crippen LogP contribution in [0, 0.1) is 5.41 Å². The summed E-state index contributed by atoms with van der Waals surface area (Å²) in [5, 5.41) is 3.01. The second-order valence-corrected chi connectivity index (χ2v) is 10.3. The monoisotopic (exact) mass is 343 g/mol. The third-order valence-corrected chi connectivity index (χ3v) is 7.78. The first-order valence-electron chi connectivity index (χ1n) is 9.07. The molecule has 0 saturated heterocycles. The molecule has 0 saturated carbocycles. The normalized spacial score (nSPS) is 13.0. The van der Waals surface area contributed by atoms with Crippen LogP contribution in [0.3, 0.4) is 0 Å². The molecule has 0 unspecified atom stereocenters. The summed E-state index contributed by atoms with van der Waals surface area (Å²) >= 11 is 0. The molecule has 0 spiro atoms. The highest BCUT2D eigenvalue weighted by molar-refractivity contribution is 6.85. The standard InChI is InChI=1S/C24H27Si/c1-24(2,3)23(20-13-7-4-8-14-20)19-25(21-15-9-5-10-16-21)22-17-11-6-12-18-22/h4-18,23H,19H2,1-3H3/t23-/m1/s1. The van der Waals surface area contributed by atoms with Gasteiger partial charge in [-0.15, -0.1) is 0 Å². The predicted octanol–water partition coefficient (Wildman–Crippen LogP) is 5.13. The van der Waals surface area contributed by atoms with E-state index in [9.17, 15) is 0 Å². The lowest BCUT2D eigenvalue weighted by Gasteiger charge is -2.34. The molecule has 0 aliphatic rings. The highest BCUT2D eigenvalue weighted by Gasteiger charge is 2.31. The van der Waals surface area contributed by atoms with Crippen LogP contribution in [0.25, 0.3) is 0 Å². The molecule has 25 heavy (non-hydrogen) atoms. The van der Waals surface area contributed by atoms with E-state index in [0.29, 0.717) is 5.92 Å². The maximum atomic E-state index is 2.38. The van der Waals surface area contributed by atoms with Crippen molar-refractivity contribution in [3.63, 3.8) is 0 Å². The van der Waals surface area contributed by atoms with Crippen molar-refractivity contribution in [2.24, 2.45) is 5.41 Å². The van der Waals surface area contributed by atoms with Gasteiger partial charge in [-0.05, 0) is 22.9 Å². The second kappa shape index (κ2) is 7.84. The minimum Gasteiger partial charge on any atom is -0.0628 e. The van der Waals surface area contributed by atoms with Crippen LogP contribution in [0.2, 0.25) is 6.04 Å². The van der Waals surface area contributed by atoms with Gasteiger partial charge < -0.3 is 0 Å². The molecule has 0 bridgehead atoms. The van der Waals surface area contributed by atoms with Crippen LogP contribution in [0.4, 0.5) is 0 Å². The van der Waals surface area contributed by atoms with Gasteiger partial charge in [0.15, 0.2) is 0 Å². The lowest BCUT2D eigenvalue weighted by molar-refractivity contribution is 0.339. The Morgan fingerprint density at radius 2 is 1.04 bits per heavy atom. The molecule has 3 aromatic carbocycles. The van der Waals surface area contributed by atoms with E-state index in [0.717, 1.165) is 0 Å². The first-order chi connectivity index (χ1) is 12.1. The Morgan fingerprint density at radius 3 is 1.44 bits per heavy atom. The van der Waals surface area contributed by atoms with Gasteiger partial charge in [0.2, 0.25) is 0 Å². The zero-order valence-corrected chi connectivity index (χ0v) is 16.4. The highest BCUT2D eigenvalue weighted by Crippen LogP contribution is 2.38. The van der Waals surface area contributed by atoms with Crippen molar-refractivity contribution in [3.05, 3.63) is 96.6 Å². The number of rotatable bonds is 5. The molecule has 0 aromatic heterocycles. The largest absolute Gasteiger partial charge is 0.122 e. The van der Waals surface area contributed by atoms with Crippen molar-refractivity contribution in [2.45, 2.75) is 32.7 Å². The van der Waals surface area contributed by atoms with Crippen molar-refractivity contribution < 1.29 is 0 Å². The molecule has 0 aliphatic carbocycles. The van der Waals surface area contributed by atoms with Gasteiger partial charge in [0, 0.05) is 0 Å². The third kappa shape index (κ3) is 4.49. The average molecular weight is 344 g/mol. The van der Waals surface area contributed by atoms with Crippen LogP contribution in [0.15, 0.2) is 91.0 Å². The first-order valence-corrected chi connectivity index (χ1v) is 10.8. The van der Waals surface area contributed by atoms with Crippen LogP contribution >= 0.6 is 0 Å². The van der Waals surface area contributed by atoms with E-state index in [4.69, 9.17) is 0 Å². The van der Waals surface area contributed by atoms with Crippen molar-refractivity contribution in [1.82, 2.24) is 0 Å². The van der Waals surface area contributed by atoms with Gasteiger partial charge in [-0.2, -0.15) is 0 Å². The number of hydrogen-bond acceptors (Lipinski definition) is 0. The first kappa shape index (κ1) is 17.7. The van der Waals surface area contributed by atoms with Crippen LogP contribution in [-0.4, -0.2) is 8.80 Å². The Morgan fingerprint density at radius 1 is 0.640 bits per heavy atom. The van der Waals surface area contributed by atoms with Crippen LogP contribution in [0.5, 0.6) is 0 Å². The lowest BCUT2D eigenvalue weighted by Crippen LogP contribution is -2.44. The Labute approximate surface area is 154 Å². The van der Waals surface area contributed by atoms with E-state index in [-0.39, 0.29) is 5.41 Å². The number of benzene rings is 3. The smallest absolute Gasteiger partial charge is 0.0628 e. The van der Waals surface area contributed by atoms with Crippen molar-refractivity contribution in [1.29, 1.82) is 0 Å². The summed E-state index contributed by atoms with van der Waals surface area (Å²) < 4.78 is 0. The van der Waals surface area contributed by atoms with E-state index in [1.807, 2.05) is 0 Å². The fourth-order valence-corrected chi connectivity index (χ4v) is 6.75. The summed E-state index contributed by atoms with van der Waals surface area (Å²) in [5.74, 6) is 0.544. The van der Waals surface area contributed by atoms with Crippen LogP contribution in [0.1, 0.15) is 32.3 Å². The maximum absolute atomic E-state index is 2.38. The molecule has 3 aromatic rings. The Hall–Kier alpha value is -2.12. The fourth-order valence-electron chi connectivity index (χ4n) is 3.49. The lowest BCUT2D eigenvalue weighted by atomic mass is 9.78. The van der Waals surface area contributed by atoms with Gasteiger partial charge in [-0.3, -0.25) is 0 Å². The summed E-state index contributed by atoms with van der Waals surface area (Å²) in [6.45, 7) is 7.13. The minimum absolute atomic E-state index is 0.237. The molecule has 0 fully saturated rings. The molecule has 0 nitrogen and oxygen atoms in total. The molecule has 1 heteroatoms. The predicted molar refractivity (Wildman–Crippen MR) is 111 cm³/mol. The van der Waals surface area contributed by atoms with Gasteiger partial charge >= 0.3 is 0 Å². The molecule has 0 heterocycles. The Kier molecular flexibility index (Phi) is 5.55. The summed E-state index contributed by atoms with van der Waals surface area (Å²) in [6, 6.07) is 34.5. The Bertz CT molecular complexity index is 718. The molecular formula is C24H27Si. The van der Waals surface area contributed by atoms with E-state index in [2.05, 4.69) is 112 Å².